The largest absolute Gasteiger partial charge is 0.476 e. The second kappa shape index (κ2) is 2.27. The lowest BCUT2D eigenvalue weighted by Gasteiger charge is -2.26. The van der Waals surface area contributed by atoms with Gasteiger partial charge in [0.2, 0.25) is 0 Å². The molecule has 0 aliphatic carbocycles. The smallest absolute Gasteiger partial charge is 0.181 e. The van der Waals surface area contributed by atoms with Crippen LogP contribution in [0.1, 0.15) is 6.92 Å². The molecule has 0 spiro atoms. The molecule has 52 valence electrons. The minimum atomic E-state index is 0.153. The van der Waals surface area contributed by atoms with Crippen molar-refractivity contribution in [3.05, 3.63) is 12.5 Å². The summed E-state index contributed by atoms with van der Waals surface area (Å²) in [6, 6.07) is 0. The number of hydrazine groups is 1. The maximum absolute atomic E-state index is 5.13. The fraction of sp³-hybridized carbons (Fsp3) is 0.667. The lowest BCUT2D eigenvalue weighted by atomic mass is 10.6. The van der Waals surface area contributed by atoms with Crippen LogP contribution in [0.2, 0.25) is 0 Å². The summed E-state index contributed by atoms with van der Waals surface area (Å²) in [6.45, 7) is 2.00. The summed E-state index contributed by atoms with van der Waals surface area (Å²) in [5.41, 5.74) is 0. The van der Waals surface area contributed by atoms with Crippen molar-refractivity contribution in [2.75, 3.05) is 14.1 Å². The first-order chi connectivity index (χ1) is 4.22. The van der Waals surface area contributed by atoms with Gasteiger partial charge >= 0.3 is 0 Å². The molecule has 1 heterocycles. The Morgan fingerprint density at radius 3 is 2.44 bits per heavy atom. The quantitative estimate of drug-likeness (QED) is 0.514. The fourth-order valence-corrected chi connectivity index (χ4v) is 0.853. The van der Waals surface area contributed by atoms with Crippen LogP contribution in [0.25, 0.3) is 0 Å². The summed E-state index contributed by atoms with van der Waals surface area (Å²) in [6.07, 6.45) is 3.76. The lowest BCUT2D eigenvalue weighted by molar-refractivity contribution is -0.0427. The van der Waals surface area contributed by atoms with Gasteiger partial charge in [-0.3, -0.25) is 5.01 Å². The number of rotatable bonds is 1. The van der Waals surface area contributed by atoms with Crippen molar-refractivity contribution in [3.63, 3.8) is 0 Å². The monoisotopic (exact) mass is 128 g/mol. The van der Waals surface area contributed by atoms with Gasteiger partial charge in [0, 0.05) is 14.1 Å². The van der Waals surface area contributed by atoms with Crippen molar-refractivity contribution < 1.29 is 4.74 Å². The third-order valence-electron chi connectivity index (χ3n) is 1.32. The Kier molecular flexibility index (Phi) is 1.62. The van der Waals surface area contributed by atoms with Crippen LogP contribution in [0.3, 0.4) is 0 Å². The molecule has 1 rings (SSSR count). The molecule has 1 atom stereocenters. The van der Waals surface area contributed by atoms with E-state index in [2.05, 4.69) is 0 Å². The molecule has 0 aromatic carbocycles. The maximum Gasteiger partial charge on any atom is 0.181 e. The second-order valence-electron chi connectivity index (χ2n) is 2.25. The molecule has 1 aliphatic heterocycles. The molecular formula is C6H12N2O. The van der Waals surface area contributed by atoms with Gasteiger partial charge in [-0.05, 0) is 6.92 Å². The molecule has 1 unspecified atom stereocenters. The molecule has 3 heteroatoms. The Hall–Kier alpha value is -0.700. The number of nitrogens with zero attached hydrogens (tertiary/aromatic N) is 2. The van der Waals surface area contributed by atoms with E-state index in [1.165, 1.54) is 0 Å². The Labute approximate surface area is 55.5 Å². The zero-order chi connectivity index (χ0) is 6.85. The van der Waals surface area contributed by atoms with Crippen molar-refractivity contribution >= 4 is 0 Å². The van der Waals surface area contributed by atoms with Crippen LogP contribution in [0.5, 0.6) is 0 Å². The summed E-state index contributed by atoms with van der Waals surface area (Å²) in [7, 11) is 3.96. The zero-order valence-corrected chi connectivity index (χ0v) is 6.03. The predicted molar refractivity (Wildman–Crippen MR) is 35.2 cm³/mol. The molecule has 0 N–H and O–H groups in total. The van der Waals surface area contributed by atoms with Crippen LogP contribution in [-0.4, -0.2) is 30.3 Å². The van der Waals surface area contributed by atoms with E-state index >= 15 is 0 Å². The molecule has 0 saturated carbocycles. The highest BCUT2D eigenvalue weighted by Crippen LogP contribution is 2.10. The van der Waals surface area contributed by atoms with E-state index in [1.54, 1.807) is 6.26 Å². The van der Waals surface area contributed by atoms with Crippen molar-refractivity contribution in [1.29, 1.82) is 0 Å². The van der Waals surface area contributed by atoms with Crippen LogP contribution >= 0.6 is 0 Å². The summed E-state index contributed by atoms with van der Waals surface area (Å²) in [5.74, 6) is 0. The van der Waals surface area contributed by atoms with E-state index < -0.39 is 0 Å². The molecule has 0 amide bonds. The number of hydrogen-bond acceptors (Lipinski definition) is 3. The Bertz CT molecular complexity index is 122. The van der Waals surface area contributed by atoms with Gasteiger partial charge in [-0.2, -0.15) is 0 Å². The Morgan fingerprint density at radius 1 is 1.56 bits per heavy atom. The normalized spacial score (nSPS) is 25.3. The molecule has 0 bridgehead atoms. The van der Waals surface area contributed by atoms with Crippen LogP contribution in [-0.2, 0) is 4.74 Å². The van der Waals surface area contributed by atoms with Crippen molar-refractivity contribution in [3.8, 4) is 0 Å². The molecule has 0 aromatic rings. The standard InChI is InChI=1S/C6H12N2O/c1-6-8(7(2)3)4-5-9-6/h4-6H,1-3H3. The summed E-state index contributed by atoms with van der Waals surface area (Å²) in [5, 5.41) is 3.98. The fourth-order valence-electron chi connectivity index (χ4n) is 0.853. The van der Waals surface area contributed by atoms with E-state index in [-0.39, 0.29) is 6.23 Å². The minimum absolute atomic E-state index is 0.153. The Morgan fingerprint density at radius 2 is 2.22 bits per heavy atom. The van der Waals surface area contributed by atoms with Crippen molar-refractivity contribution in [2.24, 2.45) is 0 Å². The van der Waals surface area contributed by atoms with Crippen LogP contribution in [0, 0.1) is 0 Å². The first kappa shape index (κ1) is 6.42. The van der Waals surface area contributed by atoms with Gasteiger partial charge in [0.05, 0.1) is 6.20 Å². The average Bonchev–Trinajstić information content (AvgIpc) is 2.13. The first-order valence-corrected chi connectivity index (χ1v) is 2.99. The molecule has 0 radical (unpaired) electrons. The average molecular weight is 128 g/mol. The van der Waals surface area contributed by atoms with Gasteiger partial charge in [-0.15, -0.1) is 0 Å². The highest BCUT2D eigenvalue weighted by Gasteiger charge is 2.15. The summed E-state index contributed by atoms with van der Waals surface area (Å²) >= 11 is 0. The van der Waals surface area contributed by atoms with Gasteiger partial charge in [0.25, 0.3) is 0 Å². The first-order valence-electron chi connectivity index (χ1n) is 2.99. The molecule has 0 aromatic heterocycles. The second-order valence-corrected chi connectivity index (χ2v) is 2.25. The van der Waals surface area contributed by atoms with Crippen molar-refractivity contribution in [2.45, 2.75) is 13.2 Å². The highest BCUT2D eigenvalue weighted by atomic mass is 16.5. The SMILES string of the molecule is CC1OC=CN1N(C)C. The highest BCUT2D eigenvalue weighted by molar-refractivity contribution is 4.81. The molecule has 0 saturated heterocycles. The lowest BCUT2D eigenvalue weighted by Crippen LogP contribution is -2.36. The molecule has 3 nitrogen and oxygen atoms in total. The zero-order valence-electron chi connectivity index (χ0n) is 6.03. The maximum atomic E-state index is 5.13. The molecule has 0 fully saturated rings. The summed E-state index contributed by atoms with van der Waals surface area (Å²) in [4.78, 5) is 0. The minimum Gasteiger partial charge on any atom is -0.476 e. The van der Waals surface area contributed by atoms with E-state index in [4.69, 9.17) is 4.74 Å². The van der Waals surface area contributed by atoms with E-state index in [9.17, 15) is 0 Å². The Balaban J connectivity index is 2.49. The van der Waals surface area contributed by atoms with Crippen LogP contribution < -0.4 is 0 Å². The third kappa shape index (κ3) is 1.16. The van der Waals surface area contributed by atoms with E-state index in [0.29, 0.717) is 0 Å². The molecular weight excluding hydrogens is 116 g/mol. The van der Waals surface area contributed by atoms with Crippen molar-refractivity contribution in [1.82, 2.24) is 10.0 Å². The third-order valence-corrected chi connectivity index (χ3v) is 1.32. The number of hydrogen-bond donors (Lipinski definition) is 0. The summed E-state index contributed by atoms with van der Waals surface area (Å²) < 4.78 is 5.13. The van der Waals surface area contributed by atoms with E-state index in [0.717, 1.165) is 0 Å². The van der Waals surface area contributed by atoms with Gasteiger partial charge in [0.1, 0.15) is 6.26 Å². The topological polar surface area (TPSA) is 15.7 Å². The molecule has 9 heavy (non-hydrogen) atoms. The van der Waals surface area contributed by atoms with Gasteiger partial charge in [-0.25, -0.2) is 5.01 Å². The van der Waals surface area contributed by atoms with Crippen LogP contribution in [0.4, 0.5) is 0 Å². The van der Waals surface area contributed by atoms with Gasteiger partial charge in [0.15, 0.2) is 6.23 Å². The van der Waals surface area contributed by atoms with Gasteiger partial charge in [-0.1, -0.05) is 0 Å². The van der Waals surface area contributed by atoms with Crippen LogP contribution in [0.15, 0.2) is 12.5 Å². The number of ether oxygens (including phenoxy) is 1. The predicted octanol–water partition coefficient (Wildman–Crippen LogP) is 0.612. The van der Waals surface area contributed by atoms with E-state index in [1.807, 2.05) is 37.2 Å². The van der Waals surface area contributed by atoms with Gasteiger partial charge < -0.3 is 4.74 Å². The molecule has 1 aliphatic rings.